The lowest BCUT2D eigenvalue weighted by molar-refractivity contribution is -0.322. The van der Waals surface area contributed by atoms with Crippen LogP contribution >= 0.6 is 0 Å². The van der Waals surface area contributed by atoms with E-state index < -0.39 is 45.9 Å². The molecule has 2 aliphatic rings. The maximum atomic E-state index is 14.0. The summed E-state index contributed by atoms with van der Waals surface area (Å²) in [5.41, 5.74) is 0.799. The average Bonchev–Trinajstić information content (AvgIpc) is 3.38. The largest absolute Gasteiger partial charge is 0.354 e. The molecule has 0 bridgehead atoms. The molecule has 2 aliphatic heterocycles. The van der Waals surface area contributed by atoms with Crippen LogP contribution in [0, 0.1) is 0 Å². The van der Waals surface area contributed by atoms with E-state index in [1.54, 1.807) is 30.3 Å². The van der Waals surface area contributed by atoms with Crippen molar-refractivity contribution in [3.8, 4) is 0 Å². The minimum atomic E-state index is -3.89. The number of benzene rings is 2. The molecule has 1 unspecified atom stereocenters. The van der Waals surface area contributed by atoms with Crippen LogP contribution in [-0.2, 0) is 28.8 Å². The second-order valence-corrected chi connectivity index (χ2v) is 9.75. The Bertz CT molecular complexity index is 1130. The van der Waals surface area contributed by atoms with E-state index >= 15 is 0 Å². The number of fused-ring (bicyclic) bond motifs is 1. The Morgan fingerprint density at radius 2 is 1.75 bits per heavy atom. The summed E-state index contributed by atoms with van der Waals surface area (Å²) in [6.07, 6.45) is -0.250. The molecule has 0 radical (unpaired) electrons. The Balaban J connectivity index is 1.60. The first kappa shape index (κ1) is 21.2. The fraction of sp³-hybridized carbons (Fsp3) is 0.364. The quantitative estimate of drug-likeness (QED) is 0.574. The predicted molar refractivity (Wildman–Crippen MR) is 112 cm³/mol. The number of ether oxygens (including phenoxy) is 4. The summed E-state index contributed by atoms with van der Waals surface area (Å²) >= 11 is 0. The Kier molecular flexibility index (Phi) is 5.78. The van der Waals surface area contributed by atoms with Crippen molar-refractivity contribution in [2.75, 3.05) is 13.7 Å². The Hall–Kier alpha value is -2.63. The Morgan fingerprint density at radius 1 is 1.03 bits per heavy atom. The summed E-state index contributed by atoms with van der Waals surface area (Å²) in [5.74, 6) is 0. The molecule has 6 atom stereocenters. The third-order valence-electron chi connectivity index (χ3n) is 5.78. The van der Waals surface area contributed by atoms with E-state index in [2.05, 4.69) is 10.1 Å². The lowest BCUT2D eigenvalue weighted by Gasteiger charge is -2.48. The maximum absolute atomic E-state index is 14.0. The molecule has 3 heterocycles. The summed E-state index contributed by atoms with van der Waals surface area (Å²) in [7, 11) is -2.41. The molecule has 168 valence electrons. The highest BCUT2D eigenvalue weighted by Crippen LogP contribution is 2.42. The molecule has 1 aromatic heterocycles. The van der Waals surface area contributed by atoms with E-state index in [0.29, 0.717) is 0 Å². The zero-order valence-corrected chi connectivity index (χ0v) is 18.1. The van der Waals surface area contributed by atoms with Gasteiger partial charge >= 0.3 is 0 Å². The summed E-state index contributed by atoms with van der Waals surface area (Å²) < 4.78 is 53.2. The van der Waals surface area contributed by atoms with E-state index in [-0.39, 0.29) is 11.5 Å². The predicted octanol–water partition coefficient (Wildman–Crippen LogP) is 2.15. The number of nitrogens with zero attached hydrogens (tertiary/aromatic N) is 3. The molecule has 9 nitrogen and oxygen atoms in total. The number of hydrogen-bond donors (Lipinski definition) is 0. The highest BCUT2D eigenvalue weighted by atomic mass is 32.2. The van der Waals surface area contributed by atoms with Gasteiger partial charge in [0.1, 0.15) is 36.2 Å². The van der Waals surface area contributed by atoms with Crippen LogP contribution in [0.15, 0.2) is 78.2 Å². The lowest BCUT2D eigenvalue weighted by Crippen LogP contribution is -2.62. The van der Waals surface area contributed by atoms with Gasteiger partial charge < -0.3 is 18.9 Å². The molecule has 0 amide bonds. The van der Waals surface area contributed by atoms with Gasteiger partial charge in [0, 0.05) is 12.7 Å². The minimum Gasteiger partial charge on any atom is -0.354 e. The van der Waals surface area contributed by atoms with Crippen LogP contribution in [0.5, 0.6) is 0 Å². The van der Waals surface area contributed by atoms with Crippen LogP contribution in [0.1, 0.15) is 17.9 Å². The smallest absolute Gasteiger partial charge is 0.186 e. The van der Waals surface area contributed by atoms with Crippen molar-refractivity contribution in [1.29, 1.82) is 0 Å². The third kappa shape index (κ3) is 3.74. The van der Waals surface area contributed by atoms with Gasteiger partial charge in [-0.15, -0.1) is 0 Å². The van der Waals surface area contributed by atoms with Gasteiger partial charge in [0.15, 0.2) is 22.4 Å². The zero-order chi connectivity index (χ0) is 22.1. The first-order valence-electron chi connectivity index (χ1n) is 10.2. The molecule has 2 aromatic carbocycles. The van der Waals surface area contributed by atoms with Gasteiger partial charge in [-0.05, 0) is 12.1 Å². The Labute approximate surface area is 185 Å². The summed E-state index contributed by atoms with van der Waals surface area (Å²) in [6.45, 7) is 0.162. The summed E-state index contributed by atoms with van der Waals surface area (Å²) in [4.78, 5) is 4.19. The summed E-state index contributed by atoms with van der Waals surface area (Å²) in [6, 6.07) is 16.9. The van der Waals surface area contributed by atoms with Crippen LogP contribution in [0.2, 0.25) is 0 Å². The number of hydrogen-bond acceptors (Lipinski definition) is 8. The van der Waals surface area contributed by atoms with E-state index in [1.807, 2.05) is 30.3 Å². The van der Waals surface area contributed by atoms with Gasteiger partial charge in [-0.3, -0.25) is 0 Å². The second-order valence-electron chi connectivity index (χ2n) is 7.64. The Morgan fingerprint density at radius 3 is 2.41 bits per heavy atom. The monoisotopic (exact) mass is 457 g/mol. The molecular formula is C22H23N3O6S. The first-order valence-corrected chi connectivity index (χ1v) is 11.8. The molecule has 10 heteroatoms. The topological polar surface area (TPSA) is 102 Å². The van der Waals surface area contributed by atoms with Gasteiger partial charge in [-0.25, -0.2) is 18.1 Å². The normalized spacial score (nSPS) is 30.5. The van der Waals surface area contributed by atoms with Gasteiger partial charge in [-0.1, -0.05) is 48.5 Å². The zero-order valence-electron chi connectivity index (χ0n) is 17.3. The van der Waals surface area contributed by atoms with E-state index in [1.165, 1.54) is 24.4 Å². The van der Waals surface area contributed by atoms with Crippen molar-refractivity contribution in [2.45, 2.75) is 41.0 Å². The van der Waals surface area contributed by atoms with Gasteiger partial charge in [-0.2, -0.15) is 5.10 Å². The second kappa shape index (κ2) is 8.72. The molecule has 0 aliphatic carbocycles. The molecule has 0 N–H and O–H groups in total. The molecule has 2 saturated heterocycles. The van der Waals surface area contributed by atoms with E-state index in [9.17, 15) is 8.42 Å². The average molecular weight is 458 g/mol. The molecule has 5 rings (SSSR count). The number of rotatable bonds is 5. The van der Waals surface area contributed by atoms with Crippen LogP contribution < -0.4 is 0 Å². The van der Waals surface area contributed by atoms with Crippen molar-refractivity contribution in [2.24, 2.45) is 0 Å². The van der Waals surface area contributed by atoms with Gasteiger partial charge in [0.05, 0.1) is 11.5 Å². The van der Waals surface area contributed by atoms with Gasteiger partial charge in [0.2, 0.25) is 0 Å². The van der Waals surface area contributed by atoms with Gasteiger partial charge in [0.25, 0.3) is 0 Å². The molecule has 2 fully saturated rings. The highest BCUT2D eigenvalue weighted by molar-refractivity contribution is 7.92. The first-order chi connectivity index (χ1) is 15.6. The SMILES string of the molecule is CO[C@H]1O[C@@H]2COC(c3ccccc3)O[C@H]2[C@H](S(=O)(=O)c2ccccc2)[C@@H]1n1cncn1. The third-order valence-corrected chi connectivity index (χ3v) is 7.98. The van der Waals surface area contributed by atoms with Crippen molar-refractivity contribution in [3.63, 3.8) is 0 Å². The summed E-state index contributed by atoms with van der Waals surface area (Å²) in [5, 5.41) is 3.15. The van der Waals surface area contributed by atoms with Crippen LogP contribution in [0.4, 0.5) is 0 Å². The molecule has 32 heavy (non-hydrogen) atoms. The van der Waals surface area contributed by atoms with Crippen molar-refractivity contribution < 1.29 is 27.4 Å². The molecule has 0 spiro atoms. The minimum absolute atomic E-state index is 0.162. The number of sulfone groups is 1. The lowest BCUT2D eigenvalue weighted by atomic mass is 9.98. The van der Waals surface area contributed by atoms with E-state index in [0.717, 1.165) is 5.56 Å². The number of aromatic nitrogens is 3. The van der Waals surface area contributed by atoms with Crippen molar-refractivity contribution >= 4 is 9.84 Å². The van der Waals surface area contributed by atoms with Crippen LogP contribution in [0.25, 0.3) is 0 Å². The fourth-order valence-corrected chi connectivity index (χ4v) is 6.37. The highest BCUT2D eigenvalue weighted by Gasteiger charge is 2.56. The van der Waals surface area contributed by atoms with Crippen molar-refractivity contribution in [3.05, 3.63) is 78.9 Å². The molecule has 3 aromatic rings. The molecular weight excluding hydrogens is 434 g/mol. The van der Waals surface area contributed by atoms with Crippen molar-refractivity contribution in [1.82, 2.24) is 14.8 Å². The van der Waals surface area contributed by atoms with Crippen LogP contribution in [0.3, 0.4) is 0 Å². The van der Waals surface area contributed by atoms with E-state index in [4.69, 9.17) is 18.9 Å². The molecule has 0 saturated carbocycles. The maximum Gasteiger partial charge on any atom is 0.186 e. The number of methoxy groups -OCH3 is 1. The standard InChI is InChI=1S/C22H23N3O6S/c1-28-22-18(25-14-23-13-24-25)20(32(26,27)16-10-6-3-7-11-16)19-17(30-22)12-29-21(31-19)15-8-4-2-5-9-15/h2-11,13-14,17-22H,12H2,1H3/t17-,18+,19-,20-,21?,22+/m1/s1. The van der Waals surface area contributed by atoms with Crippen LogP contribution in [-0.4, -0.2) is 60.6 Å². The fourth-order valence-electron chi connectivity index (χ4n) is 4.31.